The molecule has 20 heavy (non-hydrogen) atoms. The highest BCUT2D eigenvalue weighted by molar-refractivity contribution is 5.72. The van der Waals surface area contributed by atoms with Crippen LogP contribution >= 0.6 is 0 Å². The molecule has 3 aromatic rings. The van der Waals surface area contributed by atoms with E-state index in [1.807, 2.05) is 30.3 Å². The van der Waals surface area contributed by atoms with E-state index in [1.54, 1.807) is 12.1 Å². The quantitative estimate of drug-likeness (QED) is 0.751. The van der Waals surface area contributed by atoms with Crippen molar-refractivity contribution in [1.82, 2.24) is 9.78 Å². The van der Waals surface area contributed by atoms with Gasteiger partial charge in [-0.25, -0.2) is 9.07 Å². The molecule has 1 aromatic heterocycles. The molecule has 0 unspecified atom stereocenters. The van der Waals surface area contributed by atoms with Crippen LogP contribution in [0.2, 0.25) is 0 Å². The SMILES string of the molecule is Nc1c(-c2ccccc2)[nH]n(-c2ccccc2F)c1=O. The number of halogens is 1. The van der Waals surface area contributed by atoms with Crippen molar-refractivity contribution in [2.75, 3.05) is 5.73 Å². The first-order valence-electron chi connectivity index (χ1n) is 6.09. The van der Waals surface area contributed by atoms with Crippen LogP contribution in [-0.4, -0.2) is 9.78 Å². The second-order valence-corrected chi connectivity index (χ2v) is 4.36. The molecule has 3 rings (SSSR count). The minimum absolute atomic E-state index is 0.0689. The maximum Gasteiger partial charge on any atom is 0.295 e. The number of rotatable bonds is 2. The highest BCUT2D eigenvalue weighted by Crippen LogP contribution is 2.22. The number of para-hydroxylation sites is 1. The van der Waals surface area contributed by atoms with Crippen molar-refractivity contribution in [3.8, 4) is 16.9 Å². The molecule has 0 aliphatic rings. The van der Waals surface area contributed by atoms with Gasteiger partial charge in [0.1, 0.15) is 17.2 Å². The third-order valence-electron chi connectivity index (χ3n) is 3.08. The van der Waals surface area contributed by atoms with Crippen LogP contribution in [-0.2, 0) is 0 Å². The van der Waals surface area contributed by atoms with E-state index >= 15 is 0 Å². The zero-order valence-corrected chi connectivity index (χ0v) is 10.5. The Bertz CT molecular complexity index is 805. The summed E-state index contributed by atoms with van der Waals surface area (Å²) in [5.74, 6) is -0.490. The van der Waals surface area contributed by atoms with Crippen LogP contribution in [0.3, 0.4) is 0 Å². The lowest BCUT2D eigenvalue weighted by Crippen LogP contribution is -2.17. The number of nitrogens with zero attached hydrogens (tertiary/aromatic N) is 1. The normalized spacial score (nSPS) is 10.7. The molecule has 0 bridgehead atoms. The largest absolute Gasteiger partial charge is 0.392 e. The number of nitrogens with two attached hydrogens (primary N) is 1. The summed E-state index contributed by atoms with van der Waals surface area (Å²) >= 11 is 0. The van der Waals surface area contributed by atoms with Crippen molar-refractivity contribution in [1.29, 1.82) is 0 Å². The second kappa shape index (κ2) is 4.70. The Morgan fingerprint density at radius 3 is 2.35 bits per heavy atom. The topological polar surface area (TPSA) is 63.8 Å². The Morgan fingerprint density at radius 2 is 1.65 bits per heavy atom. The molecule has 0 amide bonds. The first-order chi connectivity index (χ1) is 9.68. The number of aromatic nitrogens is 2. The van der Waals surface area contributed by atoms with Crippen LogP contribution < -0.4 is 11.3 Å². The highest BCUT2D eigenvalue weighted by atomic mass is 19.1. The van der Waals surface area contributed by atoms with Gasteiger partial charge in [-0.1, -0.05) is 42.5 Å². The summed E-state index contributed by atoms with van der Waals surface area (Å²) in [7, 11) is 0. The van der Waals surface area contributed by atoms with Crippen LogP contribution in [0.15, 0.2) is 59.4 Å². The van der Waals surface area contributed by atoms with E-state index < -0.39 is 11.4 Å². The highest BCUT2D eigenvalue weighted by Gasteiger charge is 2.15. The zero-order chi connectivity index (χ0) is 14.1. The molecule has 0 aliphatic heterocycles. The first-order valence-corrected chi connectivity index (χ1v) is 6.09. The summed E-state index contributed by atoms with van der Waals surface area (Å²) in [5, 5.41) is 2.86. The molecule has 0 spiro atoms. The van der Waals surface area contributed by atoms with Gasteiger partial charge in [0.25, 0.3) is 5.56 Å². The third-order valence-corrected chi connectivity index (χ3v) is 3.08. The van der Waals surface area contributed by atoms with Crippen LogP contribution in [0.25, 0.3) is 16.9 Å². The lowest BCUT2D eigenvalue weighted by Gasteiger charge is -2.03. The summed E-state index contributed by atoms with van der Waals surface area (Å²) in [6.07, 6.45) is 0. The minimum Gasteiger partial charge on any atom is -0.392 e. The fraction of sp³-hybridized carbons (Fsp3) is 0. The lowest BCUT2D eigenvalue weighted by atomic mass is 10.1. The first kappa shape index (κ1) is 12.2. The third kappa shape index (κ3) is 1.89. The molecular weight excluding hydrogens is 257 g/mol. The number of anilines is 1. The van der Waals surface area contributed by atoms with E-state index in [0.29, 0.717) is 5.69 Å². The monoisotopic (exact) mass is 269 g/mol. The molecule has 100 valence electrons. The second-order valence-electron chi connectivity index (χ2n) is 4.36. The maximum atomic E-state index is 13.8. The zero-order valence-electron chi connectivity index (χ0n) is 10.5. The Kier molecular flexibility index (Phi) is 2.87. The van der Waals surface area contributed by atoms with Gasteiger partial charge in [-0.3, -0.25) is 9.89 Å². The van der Waals surface area contributed by atoms with Crippen molar-refractivity contribution < 1.29 is 4.39 Å². The number of benzene rings is 2. The van der Waals surface area contributed by atoms with Crippen LogP contribution in [0.4, 0.5) is 10.1 Å². The van der Waals surface area contributed by atoms with Gasteiger partial charge in [0, 0.05) is 5.56 Å². The maximum absolute atomic E-state index is 13.8. The molecular formula is C15H12FN3O. The molecule has 1 heterocycles. The predicted octanol–water partition coefficient (Wildman–Crippen LogP) is 2.55. The fourth-order valence-electron chi connectivity index (χ4n) is 2.08. The Balaban J connectivity index is 2.22. The summed E-state index contributed by atoms with van der Waals surface area (Å²) in [6, 6.07) is 15.2. The van der Waals surface area contributed by atoms with Gasteiger partial charge in [0.05, 0.1) is 5.69 Å². The van der Waals surface area contributed by atoms with Gasteiger partial charge in [0.15, 0.2) is 0 Å². The van der Waals surface area contributed by atoms with Crippen molar-refractivity contribution in [2.45, 2.75) is 0 Å². The van der Waals surface area contributed by atoms with E-state index in [9.17, 15) is 9.18 Å². The molecule has 0 aliphatic carbocycles. The van der Waals surface area contributed by atoms with Gasteiger partial charge < -0.3 is 5.73 Å². The van der Waals surface area contributed by atoms with E-state index in [1.165, 1.54) is 12.1 Å². The van der Waals surface area contributed by atoms with Crippen molar-refractivity contribution in [3.05, 3.63) is 70.8 Å². The standard InChI is InChI=1S/C15H12FN3O/c16-11-8-4-5-9-12(11)19-15(20)13(17)14(18-19)10-6-2-1-3-7-10/h1-9,18H,17H2. The molecule has 3 N–H and O–H groups in total. The van der Waals surface area contributed by atoms with Crippen molar-refractivity contribution in [2.24, 2.45) is 0 Å². The number of nitrogens with one attached hydrogen (secondary N) is 1. The van der Waals surface area contributed by atoms with E-state index in [2.05, 4.69) is 5.10 Å². The Hall–Kier alpha value is -2.82. The summed E-state index contributed by atoms with van der Waals surface area (Å²) < 4.78 is 14.9. The van der Waals surface area contributed by atoms with Crippen LogP contribution in [0.5, 0.6) is 0 Å². The summed E-state index contributed by atoms with van der Waals surface area (Å²) in [6.45, 7) is 0. The van der Waals surface area contributed by atoms with Crippen LogP contribution in [0.1, 0.15) is 0 Å². The lowest BCUT2D eigenvalue weighted by molar-refractivity contribution is 0.608. The fourth-order valence-corrected chi connectivity index (χ4v) is 2.08. The van der Waals surface area contributed by atoms with Gasteiger partial charge >= 0.3 is 0 Å². The molecule has 2 aromatic carbocycles. The molecule has 0 radical (unpaired) electrons. The van der Waals surface area contributed by atoms with E-state index in [-0.39, 0.29) is 11.4 Å². The van der Waals surface area contributed by atoms with Crippen LogP contribution in [0, 0.1) is 5.82 Å². The average molecular weight is 269 g/mol. The number of nitrogen functional groups attached to an aromatic ring is 1. The number of hydrogen-bond donors (Lipinski definition) is 2. The van der Waals surface area contributed by atoms with E-state index in [0.717, 1.165) is 10.2 Å². The number of hydrogen-bond acceptors (Lipinski definition) is 2. The van der Waals surface area contributed by atoms with Gasteiger partial charge in [-0.05, 0) is 12.1 Å². The van der Waals surface area contributed by atoms with E-state index in [4.69, 9.17) is 5.73 Å². The molecule has 0 fully saturated rings. The average Bonchev–Trinajstić information content (AvgIpc) is 2.77. The van der Waals surface area contributed by atoms with Gasteiger partial charge in [0.2, 0.25) is 0 Å². The number of aromatic amines is 1. The minimum atomic E-state index is -0.490. The van der Waals surface area contributed by atoms with Gasteiger partial charge in [-0.15, -0.1) is 0 Å². The summed E-state index contributed by atoms with van der Waals surface area (Å²) in [4.78, 5) is 12.2. The number of H-pyrrole nitrogens is 1. The molecule has 0 saturated carbocycles. The molecule has 0 saturated heterocycles. The molecule has 5 heteroatoms. The van der Waals surface area contributed by atoms with Crippen molar-refractivity contribution >= 4 is 5.69 Å². The predicted molar refractivity (Wildman–Crippen MR) is 76.2 cm³/mol. The Labute approximate surface area is 114 Å². The smallest absolute Gasteiger partial charge is 0.295 e. The Morgan fingerprint density at radius 1 is 1.00 bits per heavy atom. The molecule has 0 atom stereocenters. The van der Waals surface area contributed by atoms with Gasteiger partial charge in [-0.2, -0.15) is 0 Å². The molecule has 4 nitrogen and oxygen atoms in total. The van der Waals surface area contributed by atoms with Crippen molar-refractivity contribution in [3.63, 3.8) is 0 Å². The summed E-state index contributed by atoms with van der Waals surface area (Å²) in [5.41, 5.74) is 6.85.